The SMILES string of the molecule is CCS(=O)(=O)NCCNC(=NC)NCCc1ccc(-n2cccn2)cc1. The molecule has 0 aliphatic heterocycles. The van der Waals surface area contributed by atoms with E-state index in [4.69, 9.17) is 0 Å². The van der Waals surface area contributed by atoms with Crippen molar-refractivity contribution in [2.45, 2.75) is 13.3 Å². The van der Waals surface area contributed by atoms with Crippen LogP contribution in [0.3, 0.4) is 0 Å². The van der Waals surface area contributed by atoms with Crippen molar-refractivity contribution in [2.75, 3.05) is 32.4 Å². The summed E-state index contributed by atoms with van der Waals surface area (Å²) in [4.78, 5) is 4.13. The minimum absolute atomic E-state index is 0.0825. The smallest absolute Gasteiger partial charge is 0.211 e. The predicted octanol–water partition coefficient (Wildman–Crippen LogP) is 0.519. The molecule has 0 unspecified atom stereocenters. The van der Waals surface area contributed by atoms with Crippen LogP contribution in [-0.4, -0.2) is 56.6 Å². The summed E-state index contributed by atoms with van der Waals surface area (Å²) in [5, 5.41) is 10.5. The van der Waals surface area contributed by atoms with Gasteiger partial charge in [-0.1, -0.05) is 12.1 Å². The molecule has 26 heavy (non-hydrogen) atoms. The molecule has 142 valence electrons. The lowest BCUT2D eigenvalue weighted by Gasteiger charge is -2.12. The van der Waals surface area contributed by atoms with Crippen molar-refractivity contribution in [2.24, 2.45) is 4.99 Å². The molecule has 1 heterocycles. The van der Waals surface area contributed by atoms with Crippen LogP contribution >= 0.6 is 0 Å². The first kappa shape index (κ1) is 19.9. The van der Waals surface area contributed by atoms with Crippen molar-refractivity contribution in [1.29, 1.82) is 0 Å². The molecular weight excluding hydrogens is 352 g/mol. The largest absolute Gasteiger partial charge is 0.356 e. The third kappa shape index (κ3) is 6.49. The van der Waals surface area contributed by atoms with E-state index in [1.54, 1.807) is 20.2 Å². The Morgan fingerprint density at radius 2 is 1.88 bits per heavy atom. The van der Waals surface area contributed by atoms with Gasteiger partial charge in [-0.3, -0.25) is 4.99 Å². The van der Waals surface area contributed by atoms with Gasteiger partial charge in [-0.25, -0.2) is 17.8 Å². The molecular formula is C17H26N6O2S. The highest BCUT2D eigenvalue weighted by Crippen LogP contribution is 2.08. The van der Waals surface area contributed by atoms with Gasteiger partial charge in [0, 0.05) is 39.1 Å². The number of hydrogen-bond donors (Lipinski definition) is 3. The summed E-state index contributed by atoms with van der Waals surface area (Å²) in [5.74, 6) is 0.730. The summed E-state index contributed by atoms with van der Waals surface area (Å²) in [6.07, 6.45) is 4.51. The van der Waals surface area contributed by atoms with E-state index in [0.717, 1.165) is 18.7 Å². The van der Waals surface area contributed by atoms with Crippen molar-refractivity contribution in [3.05, 3.63) is 48.3 Å². The lowest BCUT2D eigenvalue weighted by atomic mass is 10.1. The average molecular weight is 379 g/mol. The van der Waals surface area contributed by atoms with Gasteiger partial charge < -0.3 is 10.6 Å². The fourth-order valence-electron chi connectivity index (χ4n) is 2.27. The Hall–Kier alpha value is -2.39. The first-order valence-electron chi connectivity index (χ1n) is 8.55. The van der Waals surface area contributed by atoms with Crippen LogP contribution in [0.5, 0.6) is 0 Å². The van der Waals surface area contributed by atoms with Crippen molar-refractivity contribution in [3.63, 3.8) is 0 Å². The number of guanidine groups is 1. The van der Waals surface area contributed by atoms with Crippen LogP contribution in [0.15, 0.2) is 47.7 Å². The highest BCUT2D eigenvalue weighted by molar-refractivity contribution is 7.89. The van der Waals surface area contributed by atoms with Gasteiger partial charge in [0.15, 0.2) is 5.96 Å². The van der Waals surface area contributed by atoms with Crippen molar-refractivity contribution in [3.8, 4) is 5.69 Å². The van der Waals surface area contributed by atoms with E-state index in [-0.39, 0.29) is 5.75 Å². The monoisotopic (exact) mass is 378 g/mol. The van der Waals surface area contributed by atoms with Gasteiger partial charge in [-0.05, 0) is 37.1 Å². The maximum Gasteiger partial charge on any atom is 0.211 e. The molecule has 2 aromatic rings. The van der Waals surface area contributed by atoms with E-state index in [0.29, 0.717) is 19.0 Å². The van der Waals surface area contributed by atoms with Crippen LogP contribution < -0.4 is 15.4 Å². The second kappa shape index (κ2) is 9.93. The number of benzene rings is 1. The third-order valence-corrected chi connectivity index (χ3v) is 5.16. The standard InChI is InChI=1S/C17H26N6O2S/c1-3-26(24,25)22-13-12-20-17(18-2)19-11-9-15-5-7-16(8-6-15)23-14-4-10-21-23/h4-8,10,14,22H,3,9,11-13H2,1-2H3,(H2,18,19,20). The zero-order valence-corrected chi connectivity index (χ0v) is 16.0. The molecule has 0 amide bonds. The van der Waals surface area contributed by atoms with E-state index in [2.05, 4.69) is 37.6 Å². The summed E-state index contributed by atoms with van der Waals surface area (Å²) in [6, 6.07) is 10.1. The van der Waals surface area contributed by atoms with Gasteiger partial charge in [0.05, 0.1) is 11.4 Å². The Morgan fingerprint density at radius 1 is 1.15 bits per heavy atom. The van der Waals surface area contributed by atoms with Crippen LogP contribution in [0.25, 0.3) is 5.69 Å². The zero-order chi connectivity index (χ0) is 18.8. The molecule has 0 radical (unpaired) electrons. The summed E-state index contributed by atoms with van der Waals surface area (Å²) in [7, 11) is -1.47. The van der Waals surface area contributed by atoms with Crippen LogP contribution in [0.1, 0.15) is 12.5 Å². The Kier molecular flexibility index (Phi) is 7.61. The average Bonchev–Trinajstić information content (AvgIpc) is 3.19. The third-order valence-electron chi connectivity index (χ3n) is 3.75. The maximum absolute atomic E-state index is 11.4. The summed E-state index contributed by atoms with van der Waals surface area (Å²) < 4.78 is 27.0. The normalized spacial score (nSPS) is 12.2. The van der Waals surface area contributed by atoms with Gasteiger partial charge in [0.1, 0.15) is 0 Å². The predicted molar refractivity (Wildman–Crippen MR) is 104 cm³/mol. The number of aromatic nitrogens is 2. The van der Waals surface area contributed by atoms with Crippen LogP contribution in [0.2, 0.25) is 0 Å². The van der Waals surface area contributed by atoms with E-state index in [9.17, 15) is 8.42 Å². The molecule has 2 rings (SSSR count). The Labute approximate surface area is 154 Å². The van der Waals surface area contributed by atoms with E-state index < -0.39 is 10.0 Å². The fraction of sp³-hybridized carbons (Fsp3) is 0.412. The second-order valence-electron chi connectivity index (χ2n) is 5.59. The number of nitrogens with one attached hydrogen (secondary N) is 3. The summed E-state index contributed by atoms with van der Waals surface area (Å²) in [6.45, 7) is 3.13. The van der Waals surface area contributed by atoms with Gasteiger partial charge in [-0.15, -0.1) is 0 Å². The highest BCUT2D eigenvalue weighted by atomic mass is 32.2. The molecule has 0 spiro atoms. The molecule has 8 nitrogen and oxygen atoms in total. The minimum Gasteiger partial charge on any atom is -0.356 e. The lowest BCUT2D eigenvalue weighted by molar-refractivity contribution is 0.582. The van der Waals surface area contributed by atoms with Crippen molar-refractivity contribution < 1.29 is 8.42 Å². The Morgan fingerprint density at radius 3 is 2.50 bits per heavy atom. The van der Waals surface area contributed by atoms with Gasteiger partial charge in [-0.2, -0.15) is 5.10 Å². The fourth-order valence-corrected chi connectivity index (χ4v) is 2.89. The number of nitrogens with zero attached hydrogens (tertiary/aromatic N) is 3. The lowest BCUT2D eigenvalue weighted by Crippen LogP contribution is -2.42. The number of aliphatic imine (C=N–C) groups is 1. The molecule has 0 saturated heterocycles. The van der Waals surface area contributed by atoms with Gasteiger partial charge >= 0.3 is 0 Å². The molecule has 0 atom stereocenters. The molecule has 0 aliphatic rings. The molecule has 3 N–H and O–H groups in total. The van der Waals surface area contributed by atoms with E-state index in [1.807, 2.05) is 29.1 Å². The maximum atomic E-state index is 11.4. The van der Waals surface area contributed by atoms with Crippen LogP contribution in [0, 0.1) is 0 Å². The molecule has 0 saturated carbocycles. The van der Waals surface area contributed by atoms with Gasteiger partial charge in [0.25, 0.3) is 0 Å². The number of hydrogen-bond acceptors (Lipinski definition) is 4. The summed E-state index contributed by atoms with van der Waals surface area (Å²) in [5.41, 5.74) is 2.23. The molecule has 0 fully saturated rings. The molecule has 0 aliphatic carbocycles. The number of rotatable bonds is 9. The molecule has 9 heteroatoms. The Balaban J connectivity index is 1.70. The minimum atomic E-state index is -3.15. The molecule has 1 aromatic carbocycles. The molecule has 1 aromatic heterocycles. The van der Waals surface area contributed by atoms with Crippen LogP contribution in [-0.2, 0) is 16.4 Å². The summed E-state index contributed by atoms with van der Waals surface area (Å²) >= 11 is 0. The highest BCUT2D eigenvalue weighted by Gasteiger charge is 2.05. The van der Waals surface area contributed by atoms with Crippen LogP contribution in [0.4, 0.5) is 0 Å². The first-order chi connectivity index (χ1) is 12.5. The first-order valence-corrected chi connectivity index (χ1v) is 10.2. The second-order valence-corrected chi connectivity index (χ2v) is 7.69. The van der Waals surface area contributed by atoms with E-state index >= 15 is 0 Å². The van der Waals surface area contributed by atoms with E-state index in [1.165, 1.54) is 5.56 Å². The zero-order valence-electron chi connectivity index (χ0n) is 15.1. The van der Waals surface area contributed by atoms with Gasteiger partial charge in [0.2, 0.25) is 10.0 Å². The van der Waals surface area contributed by atoms with Crippen molar-refractivity contribution >= 4 is 16.0 Å². The number of sulfonamides is 1. The molecule has 0 bridgehead atoms. The topological polar surface area (TPSA) is 100 Å². The van der Waals surface area contributed by atoms with Crippen molar-refractivity contribution in [1.82, 2.24) is 25.1 Å². The quantitative estimate of drug-likeness (QED) is 0.336. The Bertz CT molecular complexity index is 785.